The molecule has 3 aromatic heterocycles. The minimum absolute atomic E-state index is 0.324. The maximum absolute atomic E-state index is 14.8. The fraction of sp³-hybridized carbons (Fsp3) is 0.400. The largest absolute Gasteiger partial charge is 0.381 e. The van der Waals surface area contributed by atoms with E-state index in [2.05, 4.69) is 31.9 Å². The summed E-state index contributed by atoms with van der Waals surface area (Å²) < 4.78 is 22.5. The molecule has 0 radical (unpaired) electrons. The second-order valence-corrected chi connectivity index (χ2v) is 9.40. The van der Waals surface area contributed by atoms with Crippen LogP contribution in [-0.2, 0) is 4.74 Å². The molecule has 5 heterocycles. The van der Waals surface area contributed by atoms with Gasteiger partial charge in [-0.3, -0.25) is 9.50 Å². The van der Waals surface area contributed by atoms with Crippen molar-refractivity contribution in [2.24, 2.45) is 5.41 Å². The summed E-state index contributed by atoms with van der Waals surface area (Å²) in [5.41, 5.74) is 3.01. The summed E-state index contributed by atoms with van der Waals surface area (Å²) in [5, 5.41) is 8.14. The van der Waals surface area contributed by atoms with Crippen molar-refractivity contribution in [3.05, 3.63) is 47.7 Å². The van der Waals surface area contributed by atoms with Crippen LogP contribution in [0, 0.1) is 23.1 Å². The Balaban J connectivity index is 1.37. The average Bonchev–Trinajstić information content (AvgIpc) is 3.58. The molecule has 0 amide bonds. The summed E-state index contributed by atoms with van der Waals surface area (Å²) in [5.74, 6) is 6.48. The van der Waals surface area contributed by atoms with Crippen molar-refractivity contribution in [2.75, 3.05) is 50.2 Å². The highest BCUT2D eigenvalue weighted by atomic mass is 19.1. The SMILES string of the molecule is CN(C)c1cccc(C#Cc2n[nH]c3nc(N4CCC5(CCOC5)CC4)n4ccnc4c23)c1F. The lowest BCUT2D eigenvalue weighted by atomic mass is 9.78. The number of ether oxygens (including phenoxy) is 1. The molecule has 1 aromatic carbocycles. The van der Waals surface area contributed by atoms with Crippen molar-refractivity contribution in [1.82, 2.24) is 24.6 Å². The van der Waals surface area contributed by atoms with Crippen LogP contribution >= 0.6 is 0 Å². The molecule has 9 heteroatoms. The molecule has 0 saturated carbocycles. The molecule has 6 rings (SSSR count). The number of hydrogen-bond donors (Lipinski definition) is 1. The van der Waals surface area contributed by atoms with Crippen LogP contribution in [0.5, 0.6) is 0 Å². The molecule has 2 fully saturated rings. The van der Waals surface area contributed by atoms with Gasteiger partial charge in [-0.2, -0.15) is 10.1 Å². The van der Waals surface area contributed by atoms with Crippen LogP contribution in [-0.4, -0.2) is 65.0 Å². The van der Waals surface area contributed by atoms with Gasteiger partial charge in [-0.15, -0.1) is 0 Å². The zero-order chi connectivity index (χ0) is 23.3. The number of rotatable bonds is 2. The molecule has 34 heavy (non-hydrogen) atoms. The lowest BCUT2D eigenvalue weighted by molar-refractivity contribution is 0.133. The Labute approximate surface area is 196 Å². The number of aromatic amines is 1. The highest BCUT2D eigenvalue weighted by Crippen LogP contribution is 2.40. The molecule has 0 atom stereocenters. The first-order valence-corrected chi connectivity index (χ1v) is 11.6. The van der Waals surface area contributed by atoms with Crippen LogP contribution in [0.1, 0.15) is 30.5 Å². The van der Waals surface area contributed by atoms with E-state index in [4.69, 9.17) is 9.72 Å². The van der Waals surface area contributed by atoms with E-state index >= 15 is 0 Å². The summed E-state index contributed by atoms with van der Waals surface area (Å²) in [6.07, 6.45) is 7.03. The topological polar surface area (TPSA) is 74.6 Å². The molecule has 1 spiro atoms. The van der Waals surface area contributed by atoms with Crippen molar-refractivity contribution in [3.8, 4) is 11.8 Å². The highest BCUT2D eigenvalue weighted by Gasteiger charge is 2.38. The number of anilines is 2. The summed E-state index contributed by atoms with van der Waals surface area (Å²) >= 11 is 0. The quantitative estimate of drug-likeness (QED) is 0.464. The third-order valence-corrected chi connectivity index (χ3v) is 7.11. The van der Waals surface area contributed by atoms with Crippen molar-refractivity contribution in [1.29, 1.82) is 0 Å². The second kappa shape index (κ2) is 7.99. The fourth-order valence-corrected chi connectivity index (χ4v) is 5.06. The van der Waals surface area contributed by atoms with Gasteiger partial charge in [0, 0.05) is 46.2 Å². The normalized spacial score (nSPS) is 17.4. The van der Waals surface area contributed by atoms with Crippen molar-refractivity contribution in [2.45, 2.75) is 19.3 Å². The fourth-order valence-electron chi connectivity index (χ4n) is 5.06. The molecule has 8 nitrogen and oxygen atoms in total. The van der Waals surface area contributed by atoms with E-state index in [-0.39, 0.29) is 5.82 Å². The zero-order valence-electron chi connectivity index (χ0n) is 19.3. The van der Waals surface area contributed by atoms with Crippen LogP contribution in [0.4, 0.5) is 16.0 Å². The van der Waals surface area contributed by atoms with Crippen LogP contribution in [0.25, 0.3) is 16.7 Å². The predicted molar refractivity (Wildman–Crippen MR) is 129 cm³/mol. The predicted octanol–water partition coefficient (Wildman–Crippen LogP) is 3.22. The number of nitrogens with zero attached hydrogens (tertiary/aromatic N) is 6. The molecule has 2 saturated heterocycles. The Kier molecular flexibility index (Phi) is 4.92. The molecule has 0 aliphatic carbocycles. The van der Waals surface area contributed by atoms with Gasteiger partial charge in [-0.05, 0) is 42.7 Å². The van der Waals surface area contributed by atoms with Gasteiger partial charge in [0.25, 0.3) is 0 Å². The van der Waals surface area contributed by atoms with Crippen LogP contribution in [0.2, 0.25) is 0 Å². The first-order chi connectivity index (χ1) is 16.5. The number of halogens is 1. The number of aromatic nitrogens is 5. The number of H-pyrrole nitrogens is 1. The van der Waals surface area contributed by atoms with Gasteiger partial charge in [0.05, 0.1) is 23.2 Å². The number of fused-ring (bicyclic) bond motifs is 3. The lowest BCUT2D eigenvalue weighted by Gasteiger charge is -2.38. The molecular weight excluding hydrogens is 433 g/mol. The molecule has 1 N–H and O–H groups in total. The van der Waals surface area contributed by atoms with E-state index < -0.39 is 0 Å². The van der Waals surface area contributed by atoms with E-state index in [9.17, 15) is 4.39 Å². The summed E-state index contributed by atoms with van der Waals surface area (Å²) in [6.45, 7) is 3.60. The minimum atomic E-state index is -0.346. The van der Waals surface area contributed by atoms with Crippen LogP contribution < -0.4 is 9.80 Å². The molecule has 0 bridgehead atoms. The number of imidazole rings is 1. The molecular formula is C25H26FN7O. The monoisotopic (exact) mass is 459 g/mol. The molecule has 2 aliphatic heterocycles. The van der Waals surface area contributed by atoms with Gasteiger partial charge >= 0.3 is 0 Å². The van der Waals surface area contributed by atoms with E-state index in [1.807, 2.05) is 10.6 Å². The molecule has 0 unspecified atom stereocenters. The molecule has 2 aliphatic rings. The minimum Gasteiger partial charge on any atom is -0.381 e. The molecule has 174 valence electrons. The third-order valence-electron chi connectivity index (χ3n) is 7.11. The smallest absolute Gasteiger partial charge is 0.213 e. The van der Waals surface area contributed by atoms with Gasteiger partial charge in [-0.1, -0.05) is 12.0 Å². The third kappa shape index (κ3) is 3.37. The first-order valence-electron chi connectivity index (χ1n) is 11.6. The number of nitrogens with one attached hydrogen (secondary N) is 1. The van der Waals surface area contributed by atoms with Gasteiger partial charge in [0.15, 0.2) is 17.1 Å². The molecule has 4 aromatic rings. The number of hydrogen-bond acceptors (Lipinski definition) is 6. The Morgan fingerprint density at radius 1 is 1.18 bits per heavy atom. The number of benzene rings is 1. The lowest BCUT2D eigenvalue weighted by Crippen LogP contribution is -2.41. The van der Waals surface area contributed by atoms with Crippen molar-refractivity contribution in [3.63, 3.8) is 0 Å². The number of piperidine rings is 1. The first kappa shape index (κ1) is 20.9. The van der Waals surface area contributed by atoms with E-state index in [1.54, 1.807) is 43.4 Å². The van der Waals surface area contributed by atoms with Crippen LogP contribution in [0.15, 0.2) is 30.6 Å². The second-order valence-electron chi connectivity index (χ2n) is 9.40. The summed E-state index contributed by atoms with van der Waals surface area (Å²) in [7, 11) is 3.61. The van der Waals surface area contributed by atoms with Gasteiger partial charge in [-0.25, -0.2) is 9.37 Å². The van der Waals surface area contributed by atoms with E-state index in [0.29, 0.717) is 28.0 Å². The average molecular weight is 460 g/mol. The summed E-state index contributed by atoms with van der Waals surface area (Å²) in [6, 6.07) is 5.20. The Morgan fingerprint density at radius 3 is 2.79 bits per heavy atom. The van der Waals surface area contributed by atoms with Gasteiger partial charge < -0.3 is 14.5 Å². The Hall–Kier alpha value is -3.64. The standard InChI is InChI=1S/C25H26FN7O/c1-31(2)19-5-3-4-17(21(19)26)6-7-18-20-22(30-29-18)28-24(33-14-11-27-23(20)33)32-12-8-25(9-13-32)10-15-34-16-25/h3-5,11,14H,8-10,12-13,15-16H2,1-2H3,(H,29,30). The van der Waals surface area contributed by atoms with Gasteiger partial charge in [0.1, 0.15) is 5.69 Å². The Morgan fingerprint density at radius 2 is 2.03 bits per heavy atom. The highest BCUT2D eigenvalue weighted by molar-refractivity contribution is 5.94. The van der Waals surface area contributed by atoms with Crippen LogP contribution in [0.3, 0.4) is 0 Å². The van der Waals surface area contributed by atoms with Gasteiger partial charge in [0.2, 0.25) is 5.95 Å². The van der Waals surface area contributed by atoms with Crippen molar-refractivity contribution >= 4 is 28.3 Å². The van der Waals surface area contributed by atoms with Crippen molar-refractivity contribution < 1.29 is 9.13 Å². The maximum Gasteiger partial charge on any atom is 0.213 e. The zero-order valence-corrected chi connectivity index (χ0v) is 19.3. The van der Waals surface area contributed by atoms with E-state index in [1.165, 1.54) is 0 Å². The maximum atomic E-state index is 14.8. The van der Waals surface area contributed by atoms with E-state index in [0.717, 1.165) is 62.5 Å². The summed E-state index contributed by atoms with van der Waals surface area (Å²) in [4.78, 5) is 13.5. The Bertz CT molecular complexity index is 1430.